The van der Waals surface area contributed by atoms with E-state index in [0.717, 1.165) is 53.7 Å². The van der Waals surface area contributed by atoms with E-state index in [0.29, 0.717) is 6.04 Å². The van der Waals surface area contributed by atoms with Crippen LogP contribution in [0.5, 0.6) is 0 Å². The Morgan fingerprint density at radius 3 is 2.49 bits per heavy atom. The predicted molar refractivity (Wildman–Crippen MR) is 150 cm³/mol. The second-order valence-corrected chi connectivity index (χ2v) is 16.7. The minimum absolute atomic E-state index is 0.191. The largest absolute Gasteiger partial charge is 0.412 e. The molecule has 0 unspecified atom stereocenters. The first-order valence-corrected chi connectivity index (χ1v) is 16.6. The summed E-state index contributed by atoms with van der Waals surface area (Å²) in [7, 11) is -1.85. The third kappa shape index (κ3) is 4.91. The van der Waals surface area contributed by atoms with Crippen molar-refractivity contribution in [1.82, 2.24) is 34.2 Å². The molecular formula is C28H41N7OSi. The van der Waals surface area contributed by atoms with E-state index in [4.69, 9.17) is 14.5 Å². The van der Waals surface area contributed by atoms with Gasteiger partial charge in [0.05, 0.1) is 59.9 Å². The number of rotatable bonds is 8. The van der Waals surface area contributed by atoms with Crippen molar-refractivity contribution < 1.29 is 4.43 Å². The molecule has 0 aliphatic heterocycles. The average molecular weight is 520 g/mol. The van der Waals surface area contributed by atoms with Crippen LogP contribution in [0.1, 0.15) is 78.8 Å². The van der Waals surface area contributed by atoms with E-state index in [1.807, 2.05) is 35.4 Å². The van der Waals surface area contributed by atoms with Gasteiger partial charge in [-0.3, -0.25) is 9.36 Å². The van der Waals surface area contributed by atoms with Crippen molar-refractivity contribution in [3.63, 3.8) is 0 Å². The molecule has 0 bridgehead atoms. The van der Waals surface area contributed by atoms with Crippen LogP contribution in [0.25, 0.3) is 28.0 Å². The maximum atomic E-state index is 6.85. The molecule has 0 amide bonds. The van der Waals surface area contributed by atoms with Gasteiger partial charge in [0.25, 0.3) is 0 Å². The molecule has 4 aromatic rings. The van der Waals surface area contributed by atoms with Gasteiger partial charge in [-0.1, -0.05) is 34.6 Å². The van der Waals surface area contributed by atoms with Gasteiger partial charge in [-0.25, -0.2) is 9.50 Å². The second-order valence-electron chi connectivity index (χ2n) is 11.9. The summed E-state index contributed by atoms with van der Waals surface area (Å²) < 4.78 is 12.9. The number of aromatic nitrogens is 7. The summed E-state index contributed by atoms with van der Waals surface area (Å²) in [6.45, 7) is 16.0. The zero-order valence-electron chi connectivity index (χ0n) is 23.3. The van der Waals surface area contributed by atoms with E-state index < -0.39 is 8.32 Å². The monoisotopic (exact) mass is 519 g/mol. The maximum absolute atomic E-state index is 6.85. The van der Waals surface area contributed by atoms with Crippen LogP contribution in [0.3, 0.4) is 0 Å². The van der Waals surface area contributed by atoms with E-state index in [9.17, 15) is 0 Å². The Labute approximate surface area is 221 Å². The first kappa shape index (κ1) is 25.8. The van der Waals surface area contributed by atoms with Crippen molar-refractivity contribution >= 4 is 13.8 Å². The van der Waals surface area contributed by atoms with Crippen molar-refractivity contribution in [3.05, 3.63) is 43.2 Å². The van der Waals surface area contributed by atoms with E-state index in [1.54, 1.807) is 0 Å². The van der Waals surface area contributed by atoms with Gasteiger partial charge in [-0.15, -0.1) is 0 Å². The molecule has 198 valence electrons. The van der Waals surface area contributed by atoms with Gasteiger partial charge in [0.1, 0.15) is 0 Å². The normalized spacial score (nSPS) is 18.9. The molecule has 1 fully saturated rings. The van der Waals surface area contributed by atoms with Crippen molar-refractivity contribution in [2.75, 3.05) is 0 Å². The van der Waals surface area contributed by atoms with Gasteiger partial charge in [0, 0.05) is 23.5 Å². The highest BCUT2D eigenvalue weighted by Crippen LogP contribution is 2.42. The maximum Gasteiger partial charge on any atom is 0.192 e. The van der Waals surface area contributed by atoms with Crippen LogP contribution < -0.4 is 0 Å². The van der Waals surface area contributed by atoms with Gasteiger partial charge in [0.2, 0.25) is 0 Å². The fourth-order valence-electron chi connectivity index (χ4n) is 5.15. The molecule has 2 atom stereocenters. The summed E-state index contributed by atoms with van der Waals surface area (Å²) in [5.41, 5.74) is 4.71. The molecule has 0 aromatic carbocycles. The van der Waals surface area contributed by atoms with Gasteiger partial charge >= 0.3 is 0 Å². The number of nitrogens with zero attached hydrogens (tertiary/aromatic N) is 7. The fourth-order valence-corrected chi connectivity index (χ4v) is 6.54. The molecule has 5 rings (SSSR count). The van der Waals surface area contributed by atoms with E-state index in [1.165, 1.54) is 6.42 Å². The first-order chi connectivity index (χ1) is 17.6. The number of fused-ring (bicyclic) bond motifs is 1. The number of hydrogen-bond donors (Lipinski definition) is 0. The molecule has 4 heterocycles. The molecule has 0 saturated heterocycles. The summed E-state index contributed by atoms with van der Waals surface area (Å²) in [5, 5.41) is 14.2. The summed E-state index contributed by atoms with van der Waals surface area (Å²) in [4.78, 5) is 5.10. The highest BCUT2D eigenvalue weighted by atomic mass is 28.4. The van der Waals surface area contributed by atoms with Crippen LogP contribution in [-0.4, -0.2) is 48.6 Å². The lowest BCUT2D eigenvalue weighted by Gasteiger charge is -2.39. The van der Waals surface area contributed by atoms with Gasteiger partial charge in [-0.2, -0.15) is 15.3 Å². The Hall–Kier alpha value is -2.78. The zero-order chi connectivity index (χ0) is 26.4. The molecule has 0 spiro atoms. The van der Waals surface area contributed by atoms with Gasteiger partial charge in [-0.05, 0) is 56.3 Å². The van der Waals surface area contributed by atoms with Crippen LogP contribution in [0.2, 0.25) is 18.1 Å². The quantitative estimate of drug-likeness (QED) is 0.236. The highest BCUT2D eigenvalue weighted by molar-refractivity contribution is 6.74. The van der Waals surface area contributed by atoms with E-state index in [2.05, 4.69) is 79.7 Å². The SMILES string of the molecule is CCC(CC)n1cc(-c2nc(-c3cnn([C@H]4CCC[C@@H]4O[Si](C)(C)C(C)(C)C)c3)cn3nccc23)cn1. The average Bonchev–Trinajstić information content (AvgIpc) is 3.64. The van der Waals surface area contributed by atoms with Crippen molar-refractivity contribution in [3.8, 4) is 22.5 Å². The Morgan fingerprint density at radius 1 is 1.00 bits per heavy atom. The lowest BCUT2D eigenvalue weighted by atomic mass is 10.1. The summed E-state index contributed by atoms with van der Waals surface area (Å²) in [6.07, 6.45) is 17.6. The summed E-state index contributed by atoms with van der Waals surface area (Å²) in [6, 6.07) is 2.66. The molecule has 0 radical (unpaired) electrons. The summed E-state index contributed by atoms with van der Waals surface area (Å²) in [5.74, 6) is 0. The molecule has 4 aromatic heterocycles. The second kappa shape index (κ2) is 9.83. The minimum Gasteiger partial charge on any atom is -0.412 e. The molecule has 9 heteroatoms. The molecule has 1 aliphatic rings. The molecule has 8 nitrogen and oxygen atoms in total. The molecule has 37 heavy (non-hydrogen) atoms. The molecule has 1 aliphatic carbocycles. The fraction of sp³-hybridized carbons (Fsp3) is 0.571. The Balaban J connectivity index is 1.46. The van der Waals surface area contributed by atoms with Gasteiger partial charge in [0.15, 0.2) is 8.32 Å². The molecule has 1 saturated carbocycles. The molecule has 0 N–H and O–H groups in total. The van der Waals surface area contributed by atoms with Crippen molar-refractivity contribution in [1.29, 1.82) is 0 Å². The van der Waals surface area contributed by atoms with Crippen LogP contribution in [-0.2, 0) is 4.43 Å². The standard InChI is InChI=1S/C28H41N7OSi/c1-8-22(9-2)33-18-21(16-30-33)27-25-13-14-29-35(25)19-23(32-27)20-15-31-34(17-20)24-11-10-12-26(24)36-37(6,7)28(3,4)5/h13-19,22,24,26H,8-12H2,1-7H3/t24-,26-/m0/s1. The highest BCUT2D eigenvalue weighted by Gasteiger charge is 2.42. The summed E-state index contributed by atoms with van der Waals surface area (Å²) >= 11 is 0. The Kier molecular flexibility index (Phi) is 6.87. The topological polar surface area (TPSA) is 75.1 Å². The van der Waals surface area contributed by atoms with Crippen molar-refractivity contribution in [2.24, 2.45) is 0 Å². The Morgan fingerprint density at radius 2 is 1.76 bits per heavy atom. The lowest BCUT2D eigenvalue weighted by molar-refractivity contribution is 0.138. The smallest absolute Gasteiger partial charge is 0.192 e. The Bertz CT molecular complexity index is 1360. The lowest BCUT2D eigenvalue weighted by Crippen LogP contribution is -2.45. The number of hydrogen-bond acceptors (Lipinski definition) is 5. The zero-order valence-corrected chi connectivity index (χ0v) is 24.3. The van der Waals surface area contributed by atoms with Crippen LogP contribution >= 0.6 is 0 Å². The third-order valence-corrected chi connectivity index (χ3v) is 13.0. The third-order valence-electron chi connectivity index (χ3n) is 8.49. The van der Waals surface area contributed by atoms with Crippen molar-refractivity contribution in [2.45, 2.75) is 103 Å². The predicted octanol–water partition coefficient (Wildman–Crippen LogP) is 6.93. The first-order valence-electron chi connectivity index (χ1n) is 13.7. The minimum atomic E-state index is -1.85. The van der Waals surface area contributed by atoms with Gasteiger partial charge < -0.3 is 4.43 Å². The van der Waals surface area contributed by atoms with E-state index in [-0.39, 0.29) is 17.2 Å². The van der Waals surface area contributed by atoms with Crippen LogP contribution in [0.15, 0.2) is 43.2 Å². The van der Waals surface area contributed by atoms with E-state index >= 15 is 0 Å². The van der Waals surface area contributed by atoms with Crippen LogP contribution in [0.4, 0.5) is 0 Å². The molecular weight excluding hydrogens is 478 g/mol. The van der Waals surface area contributed by atoms with Crippen LogP contribution in [0, 0.1) is 0 Å².